The second-order valence-electron chi connectivity index (χ2n) is 0.238. The van der Waals surface area contributed by atoms with E-state index in [4.69, 9.17) is 15.3 Å². The van der Waals surface area contributed by atoms with E-state index in [1.165, 1.54) is 0 Å². The van der Waals surface area contributed by atoms with Crippen molar-refractivity contribution < 1.29 is 48.7 Å². The monoisotopic (exact) mass is 193 g/mol. The Bertz CT molecular complexity index is 31.9. The van der Waals surface area contributed by atoms with Crippen molar-refractivity contribution in [1.29, 1.82) is 0 Å². The molecule has 0 aromatic carbocycles. The zero-order valence-electron chi connectivity index (χ0n) is 4.03. The number of hydrogen-bond acceptors (Lipinski definition) is 2. The van der Waals surface area contributed by atoms with Crippen LogP contribution in [0.3, 0.4) is 0 Å². The fourth-order valence-electron chi connectivity index (χ4n) is 0. The number of hydrogen-bond donors (Lipinski definition) is 1. The molecule has 9 heavy (non-hydrogen) atoms. The average Bonchev–Trinajstić information content (AvgIpc) is 0.811. The fourth-order valence-corrected chi connectivity index (χ4v) is 0. The van der Waals surface area contributed by atoms with E-state index in [0.29, 0.717) is 0 Å². The van der Waals surface area contributed by atoms with Crippen molar-refractivity contribution in [2.45, 2.75) is 0 Å². The van der Waals surface area contributed by atoms with Gasteiger partial charge in [-0.25, -0.2) is 0 Å². The minimum atomic E-state index is -1.50. The molecular weight excluding hydrogens is 185 g/mol. The van der Waals surface area contributed by atoms with Crippen LogP contribution in [0, 0.1) is 10.1 Å². The van der Waals surface area contributed by atoms with Crippen LogP contribution in [0.1, 0.15) is 0 Å². The van der Waals surface area contributed by atoms with E-state index in [0.717, 1.165) is 0 Å². The maximum atomic E-state index is 8.36. The standard InChI is InChI=1S/HNO3.Ni.4H2O/c2-1(3)4;;;;;/h(H,2,3,4);;4*1H2. The molecule has 0 aliphatic rings. The summed E-state index contributed by atoms with van der Waals surface area (Å²) in [6.07, 6.45) is 0. The summed E-state index contributed by atoms with van der Waals surface area (Å²) >= 11 is 0. The van der Waals surface area contributed by atoms with Gasteiger partial charge in [0.2, 0.25) is 0 Å². The molecule has 9 N–H and O–H groups in total. The van der Waals surface area contributed by atoms with Crippen molar-refractivity contribution in [3.63, 3.8) is 0 Å². The zero-order chi connectivity index (χ0) is 3.58. The molecule has 0 saturated carbocycles. The van der Waals surface area contributed by atoms with Crippen molar-refractivity contribution in [2.75, 3.05) is 0 Å². The van der Waals surface area contributed by atoms with Gasteiger partial charge in [-0.15, -0.1) is 10.1 Å². The Hall–Kier alpha value is -0.466. The minimum Gasteiger partial charge on any atom is -0.412 e. The van der Waals surface area contributed by atoms with Gasteiger partial charge >= 0.3 is 0 Å². The van der Waals surface area contributed by atoms with Crippen LogP contribution in [0.2, 0.25) is 0 Å². The van der Waals surface area contributed by atoms with Crippen molar-refractivity contribution in [1.82, 2.24) is 0 Å². The summed E-state index contributed by atoms with van der Waals surface area (Å²) in [6, 6.07) is 0. The molecule has 0 fully saturated rings. The summed E-state index contributed by atoms with van der Waals surface area (Å²) in [5.41, 5.74) is 0. The van der Waals surface area contributed by atoms with Gasteiger partial charge in [-0.1, -0.05) is 0 Å². The molecule has 0 radical (unpaired) electrons. The third kappa shape index (κ3) is 1060. The van der Waals surface area contributed by atoms with E-state index in [1.54, 1.807) is 0 Å². The zero-order valence-corrected chi connectivity index (χ0v) is 5.01. The second kappa shape index (κ2) is 50.1. The summed E-state index contributed by atoms with van der Waals surface area (Å²) in [6.45, 7) is 0. The van der Waals surface area contributed by atoms with Crippen molar-refractivity contribution in [3.8, 4) is 0 Å². The van der Waals surface area contributed by atoms with E-state index in [1.807, 2.05) is 0 Å². The molecule has 8 nitrogen and oxygen atoms in total. The van der Waals surface area contributed by atoms with E-state index >= 15 is 0 Å². The van der Waals surface area contributed by atoms with Crippen LogP contribution in [-0.2, 0) is 16.5 Å². The quantitative estimate of drug-likeness (QED) is 0.236. The van der Waals surface area contributed by atoms with Crippen LogP contribution < -0.4 is 0 Å². The number of rotatable bonds is 0. The molecule has 0 aliphatic heterocycles. The predicted octanol–water partition coefficient (Wildman–Crippen LogP) is -3.65. The molecule has 0 saturated heterocycles. The van der Waals surface area contributed by atoms with Crippen LogP contribution in [0.25, 0.3) is 0 Å². The van der Waals surface area contributed by atoms with Gasteiger partial charge in [0.1, 0.15) is 0 Å². The largest absolute Gasteiger partial charge is 0.412 e. The molecule has 66 valence electrons. The molecule has 0 aromatic heterocycles. The molecule has 0 unspecified atom stereocenters. The molecule has 0 aliphatic carbocycles. The summed E-state index contributed by atoms with van der Waals surface area (Å²) in [5.74, 6) is 0. The van der Waals surface area contributed by atoms with Crippen molar-refractivity contribution in [2.24, 2.45) is 0 Å². The predicted molar refractivity (Wildman–Crippen MR) is 23.2 cm³/mol. The average molecular weight is 194 g/mol. The first-order valence-electron chi connectivity index (χ1n) is 0.565. The molecule has 9 heteroatoms. The summed E-state index contributed by atoms with van der Waals surface area (Å²) in [4.78, 5) is 8.36. The van der Waals surface area contributed by atoms with E-state index in [-0.39, 0.29) is 38.4 Å². The SMILES string of the molecule is O.O.O.O.O=[N+]([O-])O.[Ni]. The van der Waals surface area contributed by atoms with Gasteiger partial charge in [-0.3, -0.25) is 0 Å². The van der Waals surface area contributed by atoms with Gasteiger partial charge in [0.25, 0.3) is 5.09 Å². The Morgan fingerprint density at radius 1 is 1.11 bits per heavy atom. The molecule has 0 amide bonds. The molecule has 0 heterocycles. The summed E-state index contributed by atoms with van der Waals surface area (Å²) in [7, 11) is 0. The summed E-state index contributed by atoms with van der Waals surface area (Å²) in [5, 5.41) is 13.6. The van der Waals surface area contributed by atoms with Gasteiger partial charge in [0.15, 0.2) is 0 Å². The van der Waals surface area contributed by atoms with Crippen molar-refractivity contribution >= 4 is 0 Å². The topological polar surface area (TPSA) is 189 Å². The Morgan fingerprint density at radius 2 is 1.11 bits per heavy atom. The third-order valence-corrected chi connectivity index (χ3v) is 0. The minimum absolute atomic E-state index is 0. The van der Waals surface area contributed by atoms with Gasteiger partial charge in [0.05, 0.1) is 0 Å². The molecule has 0 rings (SSSR count). The smallest absolute Gasteiger partial charge is 0.291 e. The molecular formula is H9NNiO7. The van der Waals surface area contributed by atoms with Crippen LogP contribution in [0.4, 0.5) is 0 Å². The van der Waals surface area contributed by atoms with Crippen LogP contribution in [-0.4, -0.2) is 32.2 Å². The Balaban J connectivity index is -0.00000000450. The normalized spacial score (nSPS) is 2.67. The Kier molecular flexibility index (Phi) is 420. The molecule has 0 spiro atoms. The first-order valence-corrected chi connectivity index (χ1v) is 0.565. The van der Waals surface area contributed by atoms with Gasteiger partial charge in [-0.05, 0) is 0 Å². The van der Waals surface area contributed by atoms with Gasteiger partial charge in [0, 0.05) is 16.5 Å². The maximum Gasteiger partial charge on any atom is 0.291 e. The Morgan fingerprint density at radius 3 is 1.11 bits per heavy atom. The first-order chi connectivity index (χ1) is 1.73. The van der Waals surface area contributed by atoms with Crippen LogP contribution in [0.15, 0.2) is 0 Å². The summed E-state index contributed by atoms with van der Waals surface area (Å²) < 4.78 is 0. The second-order valence-corrected chi connectivity index (χ2v) is 0.238. The molecule has 0 bridgehead atoms. The van der Waals surface area contributed by atoms with Crippen LogP contribution in [0.5, 0.6) is 0 Å². The number of nitrogens with zero attached hydrogens (tertiary/aromatic N) is 1. The molecule has 0 aromatic rings. The van der Waals surface area contributed by atoms with E-state index in [2.05, 4.69) is 0 Å². The fraction of sp³-hybridized carbons (Fsp3) is 0. The maximum absolute atomic E-state index is 8.36. The van der Waals surface area contributed by atoms with Gasteiger partial charge in [-0.2, -0.15) is 0 Å². The van der Waals surface area contributed by atoms with E-state index in [9.17, 15) is 0 Å². The van der Waals surface area contributed by atoms with Gasteiger partial charge < -0.3 is 27.1 Å². The first kappa shape index (κ1) is 75.5. The Labute approximate surface area is 59.7 Å². The van der Waals surface area contributed by atoms with E-state index < -0.39 is 5.09 Å². The molecule has 0 atom stereocenters. The third-order valence-electron chi connectivity index (χ3n) is 0. The van der Waals surface area contributed by atoms with Crippen molar-refractivity contribution in [3.05, 3.63) is 10.1 Å². The van der Waals surface area contributed by atoms with Crippen LogP contribution >= 0.6 is 0 Å².